The molecule has 0 unspecified atom stereocenters. The Hall–Kier alpha value is -2.71. The van der Waals surface area contributed by atoms with Crippen molar-refractivity contribution in [3.8, 4) is 0 Å². The number of anilines is 2. The number of urea groups is 1. The zero-order valence-electron chi connectivity index (χ0n) is 12.4. The van der Waals surface area contributed by atoms with Crippen LogP contribution in [0.4, 0.5) is 15.6 Å². The number of nitrogens with zero attached hydrogens (tertiary/aromatic N) is 2. The Kier molecular flexibility index (Phi) is 4.32. The molecule has 0 aliphatic rings. The molecular formula is C16H13N3O3S2. The molecule has 0 saturated heterocycles. The summed E-state index contributed by atoms with van der Waals surface area (Å²) in [4.78, 5) is 17.2. The number of hydrogen-bond acceptors (Lipinski definition) is 5. The third kappa shape index (κ3) is 2.89. The van der Waals surface area contributed by atoms with Gasteiger partial charge in [0.25, 0.3) is 0 Å². The fraction of sp³-hybridized carbons (Fsp3) is 0. The van der Waals surface area contributed by atoms with Gasteiger partial charge in [0.05, 0.1) is 15.5 Å². The number of thiazole rings is 1. The minimum absolute atomic E-state index is 0.00907. The summed E-state index contributed by atoms with van der Waals surface area (Å²) in [5.41, 5.74) is 5.64. The third-order valence-corrected chi connectivity index (χ3v) is 5.85. The van der Waals surface area contributed by atoms with Crippen LogP contribution in [0.15, 0.2) is 76.0 Å². The average molecular weight is 359 g/mol. The highest BCUT2D eigenvalue weighted by Gasteiger charge is 2.27. The maximum atomic E-state index is 13.0. The fourth-order valence-corrected chi connectivity index (χ4v) is 4.36. The molecule has 0 fully saturated rings. The summed E-state index contributed by atoms with van der Waals surface area (Å²) >= 11 is 1.19. The minimum Gasteiger partial charge on any atom is -0.351 e. The second-order valence-electron chi connectivity index (χ2n) is 4.77. The van der Waals surface area contributed by atoms with E-state index in [1.165, 1.54) is 41.8 Å². The molecule has 2 aromatic carbocycles. The lowest BCUT2D eigenvalue weighted by molar-refractivity contribution is 0.256. The van der Waals surface area contributed by atoms with Gasteiger partial charge in [-0.3, -0.25) is 0 Å². The van der Waals surface area contributed by atoms with E-state index < -0.39 is 15.9 Å². The molecule has 0 spiro atoms. The molecule has 6 nitrogen and oxygen atoms in total. The van der Waals surface area contributed by atoms with Gasteiger partial charge in [0.2, 0.25) is 9.84 Å². The minimum atomic E-state index is -3.81. The molecule has 122 valence electrons. The van der Waals surface area contributed by atoms with Gasteiger partial charge in [-0.05, 0) is 24.3 Å². The van der Waals surface area contributed by atoms with Crippen molar-refractivity contribution in [2.24, 2.45) is 5.73 Å². The quantitative estimate of drug-likeness (QED) is 0.774. The highest BCUT2D eigenvalue weighted by atomic mass is 32.2. The zero-order valence-corrected chi connectivity index (χ0v) is 14.0. The first-order valence-corrected chi connectivity index (χ1v) is 9.26. The van der Waals surface area contributed by atoms with Gasteiger partial charge in [0.15, 0.2) is 5.13 Å². The normalized spacial score (nSPS) is 11.2. The number of primary amides is 1. The van der Waals surface area contributed by atoms with E-state index in [1.54, 1.807) is 35.7 Å². The molecule has 24 heavy (non-hydrogen) atoms. The van der Waals surface area contributed by atoms with Gasteiger partial charge in [-0.15, -0.1) is 11.3 Å². The SMILES string of the molecule is NC(=O)N(c1nccs1)c1ccccc1S(=O)(=O)c1ccccc1. The highest BCUT2D eigenvalue weighted by molar-refractivity contribution is 7.91. The zero-order chi connectivity index (χ0) is 17.2. The molecule has 0 saturated carbocycles. The number of benzene rings is 2. The molecule has 0 aliphatic carbocycles. The van der Waals surface area contributed by atoms with Crippen molar-refractivity contribution in [2.75, 3.05) is 4.90 Å². The predicted octanol–water partition coefficient (Wildman–Crippen LogP) is 3.19. The van der Waals surface area contributed by atoms with Crippen LogP contribution in [0.5, 0.6) is 0 Å². The first-order valence-electron chi connectivity index (χ1n) is 6.90. The Labute approximate surface area is 143 Å². The van der Waals surface area contributed by atoms with Crippen LogP contribution in [0.2, 0.25) is 0 Å². The van der Waals surface area contributed by atoms with Gasteiger partial charge in [0.1, 0.15) is 0 Å². The van der Waals surface area contributed by atoms with E-state index in [0.29, 0.717) is 5.13 Å². The molecule has 2 N–H and O–H groups in total. The molecule has 3 rings (SSSR count). The summed E-state index contributed by atoms with van der Waals surface area (Å²) in [5, 5.41) is 1.98. The van der Waals surface area contributed by atoms with E-state index in [1.807, 2.05) is 0 Å². The van der Waals surface area contributed by atoms with Gasteiger partial charge in [-0.2, -0.15) is 0 Å². The van der Waals surface area contributed by atoms with Crippen LogP contribution in [-0.4, -0.2) is 19.4 Å². The van der Waals surface area contributed by atoms with Crippen molar-refractivity contribution in [3.05, 3.63) is 66.2 Å². The van der Waals surface area contributed by atoms with Crippen LogP contribution in [0.25, 0.3) is 0 Å². The number of para-hydroxylation sites is 1. The van der Waals surface area contributed by atoms with Crippen LogP contribution in [0, 0.1) is 0 Å². The maximum absolute atomic E-state index is 13.0. The summed E-state index contributed by atoms with van der Waals surface area (Å²) in [6.45, 7) is 0. The summed E-state index contributed by atoms with van der Waals surface area (Å²) in [7, 11) is -3.81. The van der Waals surface area contributed by atoms with Crippen molar-refractivity contribution in [3.63, 3.8) is 0 Å². The molecule has 8 heteroatoms. The van der Waals surface area contributed by atoms with Crippen molar-refractivity contribution in [1.29, 1.82) is 0 Å². The number of sulfone groups is 1. The summed E-state index contributed by atoms with van der Waals surface area (Å²) in [5.74, 6) is 0. The number of nitrogens with two attached hydrogens (primary N) is 1. The molecule has 1 aromatic heterocycles. The van der Waals surface area contributed by atoms with E-state index >= 15 is 0 Å². The number of aromatic nitrogens is 1. The third-order valence-electron chi connectivity index (χ3n) is 3.28. The summed E-state index contributed by atoms with van der Waals surface area (Å²) < 4.78 is 25.9. The predicted molar refractivity (Wildman–Crippen MR) is 92.2 cm³/mol. The first-order chi connectivity index (χ1) is 11.5. The molecule has 0 atom stereocenters. The van der Waals surface area contributed by atoms with Crippen LogP contribution in [0.1, 0.15) is 0 Å². The highest BCUT2D eigenvalue weighted by Crippen LogP contribution is 2.35. The van der Waals surface area contributed by atoms with Crippen molar-refractivity contribution < 1.29 is 13.2 Å². The van der Waals surface area contributed by atoms with E-state index in [4.69, 9.17) is 5.73 Å². The van der Waals surface area contributed by atoms with E-state index in [-0.39, 0.29) is 15.5 Å². The van der Waals surface area contributed by atoms with Crippen molar-refractivity contribution in [1.82, 2.24) is 4.98 Å². The number of carbonyl (C=O) groups excluding carboxylic acids is 1. The number of amides is 2. The lowest BCUT2D eigenvalue weighted by Gasteiger charge is -2.20. The Bertz CT molecular complexity index is 955. The van der Waals surface area contributed by atoms with E-state index in [9.17, 15) is 13.2 Å². The first kappa shape index (κ1) is 16.2. The average Bonchev–Trinajstić information content (AvgIpc) is 3.10. The van der Waals surface area contributed by atoms with Crippen LogP contribution < -0.4 is 10.6 Å². The van der Waals surface area contributed by atoms with E-state index in [2.05, 4.69) is 4.98 Å². The monoisotopic (exact) mass is 359 g/mol. The standard InChI is InChI=1S/C16H13N3O3S2/c17-15(20)19(16-18-10-11-23-16)13-8-4-5-9-14(13)24(21,22)12-6-2-1-3-7-12/h1-11H,(H2,17,20). The van der Waals surface area contributed by atoms with Gasteiger partial charge in [0, 0.05) is 11.6 Å². The maximum Gasteiger partial charge on any atom is 0.325 e. The summed E-state index contributed by atoms with van der Waals surface area (Å²) in [6.07, 6.45) is 1.52. The van der Waals surface area contributed by atoms with Crippen LogP contribution >= 0.6 is 11.3 Å². The molecule has 0 bridgehead atoms. The smallest absolute Gasteiger partial charge is 0.325 e. The lowest BCUT2D eigenvalue weighted by atomic mass is 10.3. The molecular weight excluding hydrogens is 346 g/mol. The Morgan fingerprint density at radius 1 is 1.04 bits per heavy atom. The second kappa shape index (κ2) is 6.42. The molecule has 2 amide bonds. The Morgan fingerprint density at radius 2 is 1.71 bits per heavy atom. The van der Waals surface area contributed by atoms with Crippen LogP contribution in [-0.2, 0) is 9.84 Å². The Morgan fingerprint density at radius 3 is 2.33 bits per heavy atom. The van der Waals surface area contributed by atoms with E-state index in [0.717, 1.165) is 4.90 Å². The van der Waals surface area contributed by atoms with Gasteiger partial charge in [-0.25, -0.2) is 23.1 Å². The summed E-state index contributed by atoms with van der Waals surface area (Å²) in [6, 6.07) is 13.4. The van der Waals surface area contributed by atoms with Crippen molar-refractivity contribution >= 4 is 38.0 Å². The number of hydrogen-bond donors (Lipinski definition) is 1. The molecule has 3 aromatic rings. The molecule has 0 radical (unpaired) electrons. The van der Waals surface area contributed by atoms with Gasteiger partial charge >= 0.3 is 6.03 Å². The molecule has 1 heterocycles. The second-order valence-corrected chi connectivity index (χ2v) is 7.56. The largest absolute Gasteiger partial charge is 0.351 e. The van der Waals surface area contributed by atoms with Gasteiger partial charge in [-0.1, -0.05) is 30.3 Å². The number of carbonyl (C=O) groups is 1. The lowest BCUT2D eigenvalue weighted by Crippen LogP contribution is -2.32. The van der Waals surface area contributed by atoms with Crippen molar-refractivity contribution in [2.45, 2.75) is 9.79 Å². The Balaban J connectivity index is 2.20. The fourth-order valence-electron chi connectivity index (χ4n) is 2.24. The topological polar surface area (TPSA) is 93.4 Å². The van der Waals surface area contributed by atoms with Gasteiger partial charge < -0.3 is 5.73 Å². The molecule has 0 aliphatic heterocycles. The van der Waals surface area contributed by atoms with Crippen LogP contribution in [0.3, 0.4) is 0 Å². The number of rotatable bonds is 4.